The third kappa shape index (κ3) is 5.11. The first kappa shape index (κ1) is 22.3. The Labute approximate surface area is 193 Å². The lowest BCUT2D eigenvalue weighted by Gasteiger charge is -2.28. The summed E-state index contributed by atoms with van der Waals surface area (Å²) in [7, 11) is 1.64. The minimum absolute atomic E-state index is 0.0889. The average molecular weight is 452 g/mol. The number of rotatable bonds is 6. The van der Waals surface area contributed by atoms with Crippen LogP contribution in [0.25, 0.3) is 10.9 Å². The van der Waals surface area contributed by atoms with Crippen molar-refractivity contribution in [2.75, 3.05) is 25.6 Å². The van der Waals surface area contributed by atoms with Crippen LogP contribution in [0.3, 0.4) is 0 Å². The van der Waals surface area contributed by atoms with E-state index in [1.807, 2.05) is 42.2 Å². The number of anilines is 1. The molecule has 7 heteroatoms. The van der Waals surface area contributed by atoms with Gasteiger partial charge in [-0.15, -0.1) is 0 Å². The maximum atomic E-state index is 12.9. The number of ether oxygens (including phenoxy) is 2. The van der Waals surface area contributed by atoms with Gasteiger partial charge in [0.1, 0.15) is 5.75 Å². The van der Waals surface area contributed by atoms with Crippen LogP contribution in [0.15, 0.2) is 47.3 Å². The minimum Gasteiger partial charge on any atom is -0.497 e. The number of thiocarbonyl (C=S) groups is 1. The van der Waals surface area contributed by atoms with E-state index >= 15 is 0 Å². The molecule has 0 saturated carbocycles. The number of benzene rings is 2. The normalized spacial score (nSPS) is 15.7. The molecule has 2 aromatic carbocycles. The van der Waals surface area contributed by atoms with Crippen molar-refractivity contribution in [2.24, 2.45) is 0 Å². The molecule has 0 aliphatic carbocycles. The van der Waals surface area contributed by atoms with Crippen molar-refractivity contribution in [3.63, 3.8) is 0 Å². The Balaban J connectivity index is 1.60. The van der Waals surface area contributed by atoms with Crippen molar-refractivity contribution >= 4 is 33.9 Å². The van der Waals surface area contributed by atoms with E-state index in [9.17, 15) is 4.79 Å². The topological polar surface area (TPSA) is 66.6 Å². The van der Waals surface area contributed by atoms with E-state index in [2.05, 4.69) is 29.4 Å². The number of methoxy groups -OCH3 is 1. The van der Waals surface area contributed by atoms with Gasteiger partial charge in [0.2, 0.25) is 0 Å². The monoisotopic (exact) mass is 451 g/mol. The van der Waals surface area contributed by atoms with Crippen molar-refractivity contribution in [3.8, 4) is 5.75 Å². The van der Waals surface area contributed by atoms with Crippen molar-refractivity contribution in [1.82, 2.24) is 9.88 Å². The molecule has 2 N–H and O–H groups in total. The molecule has 1 saturated heterocycles. The van der Waals surface area contributed by atoms with Gasteiger partial charge in [-0.3, -0.25) is 4.79 Å². The van der Waals surface area contributed by atoms with Crippen LogP contribution in [0.2, 0.25) is 0 Å². The first-order valence-corrected chi connectivity index (χ1v) is 11.3. The van der Waals surface area contributed by atoms with Crippen LogP contribution in [-0.4, -0.2) is 41.4 Å². The summed E-state index contributed by atoms with van der Waals surface area (Å²) in [6, 6.07) is 13.8. The Morgan fingerprint density at radius 2 is 2.03 bits per heavy atom. The number of aromatic amines is 1. The van der Waals surface area contributed by atoms with Crippen LogP contribution < -0.4 is 15.6 Å². The molecule has 168 valence electrons. The van der Waals surface area contributed by atoms with Crippen molar-refractivity contribution in [1.29, 1.82) is 0 Å². The van der Waals surface area contributed by atoms with E-state index in [0.29, 0.717) is 23.8 Å². The third-order valence-corrected chi connectivity index (χ3v) is 6.17. The smallest absolute Gasteiger partial charge is 0.253 e. The number of nitrogens with zero attached hydrogens (tertiary/aromatic N) is 1. The van der Waals surface area contributed by atoms with Crippen LogP contribution in [-0.2, 0) is 11.3 Å². The minimum atomic E-state index is -0.0889. The number of aryl methyl sites for hydroxylation is 2. The van der Waals surface area contributed by atoms with Gasteiger partial charge in [0.25, 0.3) is 5.56 Å². The van der Waals surface area contributed by atoms with Crippen molar-refractivity contribution in [3.05, 3.63) is 69.5 Å². The van der Waals surface area contributed by atoms with Gasteiger partial charge < -0.3 is 24.7 Å². The zero-order valence-electron chi connectivity index (χ0n) is 18.7. The fourth-order valence-electron chi connectivity index (χ4n) is 4.19. The molecule has 1 aliphatic heterocycles. The third-order valence-electron chi connectivity index (χ3n) is 5.81. The lowest BCUT2D eigenvalue weighted by molar-refractivity contribution is 0.0904. The van der Waals surface area contributed by atoms with Gasteiger partial charge >= 0.3 is 0 Å². The Morgan fingerprint density at radius 1 is 1.25 bits per heavy atom. The van der Waals surface area contributed by atoms with Crippen LogP contribution in [0.1, 0.15) is 29.5 Å². The zero-order valence-corrected chi connectivity index (χ0v) is 19.6. The highest BCUT2D eigenvalue weighted by Gasteiger charge is 2.22. The van der Waals surface area contributed by atoms with E-state index in [-0.39, 0.29) is 11.7 Å². The summed E-state index contributed by atoms with van der Waals surface area (Å²) in [5, 5.41) is 4.89. The van der Waals surface area contributed by atoms with Crippen molar-refractivity contribution < 1.29 is 9.47 Å². The highest BCUT2D eigenvalue weighted by Crippen LogP contribution is 2.21. The van der Waals surface area contributed by atoms with E-state index in [4.69, 9.17) is 21.7 Å². The van der Waals surface area contributed by atoms with Gasteiger partial charge in [-0.25, -0.2) is 0 Å². The highest BCUT2D eigenvalue weighted by atomic mass is 32.1. The molecular weight excluding hydrogens is 422 g/mol. The molecular formula is C25H29N3O3S. The molecule has 0 amide bonds. The number of H-pyrrole nitrogens is 1. The summed E-state index contributed by atoms with van der Waals surface area (Å²) in [5.74, 6) is 0.783. The fraction of sp³-hybridized carbons (Fsp3) is 0.360. The maximum absolute atomic E-state index is 12.9. The molecule has 2 heterocycles. The van der Waals surface area contributed by atoms with E-state index in [1.54, 1.807) is 7.11 Å². The summed E-state index contributed by atoms with van der Waals surface area (Å²) in [6.07, 6.45) is 2.15. The summed E-state index contributed by atoms with van der Waals surface area (Å²) in [4.78, 5) is 18.0. The second-order valence-electron chi connectivity index (χ2n) is 8.34. The second-order valence-corrected chi connectivity index (χ2v) is 8.73. The number of hydrogen-bond acceptors (Lipinski definition) is 4. The first-order chi connectivity index (χ1) is 15.4. The van der Waals surface area contributed by atoms with Gasteiger partial charge in [0, 0.05) is 24.4 Å². The Hall–Kier alpha value is -2.90. The largest absolute Gasteiger partial charge is 0.497 e. The molecule has 6 nitrogen and oxygen atoms in total. The van der Waals surface area contributed by atoms with E-state index in [0.717, 1.165) is 47.4 Å². The molecule has 1 aromatic heterocycles. The Kier molecular flexibility index (Phi) is 6.77. The molecule has 4 rings (SSSR count). The summed E-state index contributed by atoms with van der Waals surface area (Å²) in [5.41, 5.74) is 4.58. The Morgan fingerprint density at radius 3 is 2.72 bits per heavy atom. The number of hydrogen-bond donors (Lipinski definition) is 2. The summed E-state index contributed by atoms with van der Waals surface area (Å²) < 4.78 is 11.1. The fourth-order valence-corrected chi connectivity index (χ4v) is 4.44. The average Bonchev–Trinajstić information content (AvgIpc) is 3.28. The van der Waals surface area contributed by atoms with Crippen LogP contribution in [0.4, 0.5) is 5.69 Å². The SMILES string of the molecule is COc1ccc(NC(=S)N(Cc2cc3cc(C)cc(C)c3[nH]c2=O)CC2CCCO2)cc1. The molecule has 32 heavy (non-hydrogen) atoms. The maximum Gasteiger partial charge on any atom is 0.253 e. The Bertz CT molecular complexity index is 1170. The van der Waals surface area contributed by atoms with Gasteiger partial charge in [-0.2, -0.15) is 0 Å². The lowest BCUT2D eigenvalue weighted by Crippen LogP contribution is -2.40. The molecule has 1 atom stereocenters. The van der Waals surface area contributed by atoms with Crippen LogP contribution >= 0.6 is 12.2 Å². The highest BCUT2D eigenvalue weighted by molar-refractivity contribution is 7.80. The quantitative estimate of drug-likeness (QED) is 0.537. The predicted octanol–water partition coefficient (Wildman–Crippen LogP) is 4.53. The summed E-state index contributed by atoms with van der Waals surface area (Å²) in [6.45, 7) is 5.89. The van der Waals surface area contributed by atoms with E-state index < -0.39 is 0 Å². The zero-order chi connectivity index (χ0) is 22.7. The first-order valence-electron chi connectivity index (χ1n) is 10.9. The number of aromatic nitrogens is 1. The molecule has 0 spiro atoms. The van der Waals surface area contributed by atoms with Gasteiger partial charge in [-0.05, 0) is 86.3 Å². The number of nitrogens with one attached hydrogen (secondary N) is 2. The van der Waals surface area contributed by atoms with Gasteiger partial charge in [0.15, 0.2) is 5.11 Å². The predicted molar refractivity (Wildman–Crippen MR) is 133 cm³/mol. The van der Waals surface area contributed by atoms with Crippen molar-refractivity contribution in [2.45, 2.75) is 39.3 Å². The molecule has 3 aromatic rings. The molecule has 0 radical (unpaired) electrons. The van der Waals surface area contributed by atoms with Gasteiger partial charge in [-0.1, -0.05) is 11.6 Å². The van der Waals surface area contributed by atoms with Crippen LogP contribution in [0, 0.1) is 13.8 Å². The van der Waals surface area contributed by atoms with E-state index in [1.165, 1.54) is 5.56 Å². The lowest BCUT2D eigenvalue weighted by atomic mass is 10.1. The molecule has 1 unspecified atom stereocenters. The second kappa shape index (κ2) is 9.71. The molecule has 1 fully saturated rings. The number of pyridine rings is 1. The van der Waals surface area contributed by atoms with Gasteiger partial charge in [0.05, 0.1) is 25.3 Å². The molecule has 1 aliphatic rings. The molecule has 0 bridgehead atoms. The van der Waals surface area contributed by atoms with Crippen LogP contribution in [0.5, 0.6) is 5.75 Å². The number of fused-ring (bicyclic) bond motifs is 1. The summed E-state index contributed by atoms with van der Waals surface area (Å²) >= 11 is 5.75. The standard InChI is InChI=1S/C25H29N3O3S/c1-16-11-17(2)23-18(12-16)13-19(24(29)27-23)14-28(15-22-5-4-10-31-22)25(32)26-20-6-8-21(30-3)9-7-20/h6-9,11-13,22H,4-5,10,14-15H2,1-3H3,(H,26,32)(H,27,29).